The maximum Gasteiger partial charge on any atom is 0.347 e. The molecule has 0 bridgehead atoms. The third kappa shape index (κ3) is 1.28. The molecule has 1 N–H and O–H groups in total. The van der Waals surface area contributed by atoms with Crippen LogP contribution in [0, 0.1) is 6.92 Å². The maximum atomic E-state index is 12.1. The zero-order chi connectivity index (χ0) is 13.9. The summed E-state index contributed by atoms with van der Waals surface area (Å²) in [7, 11) is 0. The van der Waals surface area contributed by atoms with E-state index in [1.165, 1.54) is 0 Å². The fourth-order valence-electron chi connectivity index (χ4n) is 2.64. The molecule has 2 heterocycles. The molecule has 98 valence electrons. The van der Waals surface area contributed by atoms with Gasteiger partial charge in [-0.15, -0.1) is 0 Å². The number of phenolic OH excluding ortho intramolecular Hbond substituents is 1. The Morgan fingerprint density at radius 3 is 2.65 bits per heavy atom. The number of furan rings is 1. The third-order valence-electron chi connectivity index (χ3n) is 3.61. The molecule has 2 aromatic heterocycles. The highest BCUT2D eigenvalue weighted by molar-refractivity contribution is 6.13. The number of hydrogen-bond donors (Lipinski definition) is 1. The lowest BCUT2D eigenvalue weighted by atomic mass is 10.1. The second-order valence-electron chi connectivity index (χ2n) is 4.83. The van der Waals surface area contributed by atoms with Crippen molar-refractivity contribution in [2.24, 2.45) is 0 Å². The summed E-state index contributed by atoms with van der Waals surface area (Å²) in [6, 6.07) is 8.72. The minimum atomic E-state index is -0.422. The number of aromatic hydroxyl groups is 1. The van der Waals surface area contributed by atoms with Gasteiger partial charge in [0.25, 0.3) is 0 Å². The van der Waals surface area contributed by atoms with E-state index in [1.807, 2.05) is 13.0 Å². The first-order valence-corrected chi connectivity index (χ1v) is 6.22. The number of aryl methyl sites for hydroxylation is 1. The van der Waals surface area contributed by atoms with Crippen molar-refractivity contribution in [1.82, 2.24) is 0 Å². The molecule has 0 unspecified atom stereocenters. The number of phenols is 1. The van der Waals surface area contributed by atoms with Crippen LogP contribution in [0.5, 0.6) is 5.75 Å². The summed E-state index contributed by atoms with van der Waals surface area (Å²) in [4.78, 5) is 12.1. The fraction of sp³-hybridized carbons (Fsp3) is 0.0625. The van der Waals surface area contributed by atoms with Crippen molar-refractivity contribution < 1.29 is 13.9 Å². The maximum absolute atomic E-state index is 12.1. The summed E-state index contributed by atoms with van der Waals surface area (Å²) >= 11 is 0. The summed E-state index contributed by atoms with van der Waals surface area (Å²) in [5.41, 5.74) is 1.30. The molecule has 4 nitrogen and oxygen atoms in total. The first-order valence-electron chi connectivity index (χ1n) is 6.22. The van der Waals surface area contributed by atoms with Gasteiger partial charge in [0.1, 0.15) is 16.7 Å². The van der Waals surface area contributed by atoms with Crippen molar-refractivity contribution >= 4 is 32.7 Å². The summed E-state index contributed by atoms with van der Waals surface area (Å²) in [6.45, 7) is 1.81. The van der Waals surface area contributed by atoms with Gasteiger partial charge in [-0.05, 0) is 25.1 Å². The summed E-state index contributed by atoms with van der Waals surface area (Å²) in [5.74, 6) is 0.155. The lowest BCUT2D eigenvalue weighted by molar-refractivity contribution is 0.481. The Morgan fingerprint density at radius 2 is 1.80 bits per heavy atom. The van der Waals surface area contributed by atoms with E-state index in [9.17, 15) is 9.90 Å². The van der Waals surface area contributed by atoms with Crippen molar-refractivity contribution in [3.8, 4) is 5.75 Å². The van der Waals surface area contributed by atoms with E-state index in [0.29, 0.717) is 27.3 Å². The Bertz CT molecular complexity index is 1040. The summed E-state index contributed by atoms with van der Waals surface area (Å²) < 4.78 is 11.0. The highest BCUT2D eigenvalue weighted by Gasteiger charge is 2.15. The van der Waals surface area contributed by atoms with Crippen LogP contribution in [-0.2, 0) is 0 Å². The molecule has 4 rings (SSSR count). The highest BCUT2D eigenvalue weighted by Crippen LogP contribution is 2.34. The zero-order valence-electron chi connectivity index (χ0n) is 10.6. The van der Waals surface area contributed by atoms with Crippen molar-refractivity contribution in [2.75, 3.05) is 0 Å². The second kappa shape index (κ2) is 3.63. The monoisotopic (exact) mass is 266 g/mol. The van der Waals surface area contributed by atoms with Crippen LogP contribution in [0.2, 0.25) is 0 Å². The number of benzene rings is 2. The van der Waals surface area contributed by atoms with E-state index in [2.05, 4.69) is 0 Å². The minimum absolute atomic E-state index is 0.155. The van der Waals surface area contributed by atoms with Crippen LogP contribution in [0.15, 0.2) is 50.2 Å². The Labute approximate surface area is 112 Å². The smallest absolute Gasteiger partial charge is 0.347 e. The molecule has 0 saturated heterocycles. The minimum Gasteiger partial charge on any atom is -0.507 e. The average molecular weight is 266 g/mol. The normalized spacial score (nSPS) is 11.7. The van der Waals surface area contributed by atoms with Crippen LogP contribution in [0.3, 0.4) is 0 Å². The standard InChI is InChI=1S/C16H10O4/c1-8-7-19-15-11-6-5-9-10(3-2-4-12(9)17)14(11)20-16(18)13(8)15/h2-7,17H,1H3. The first-order chi connectivity index (χ1) is 9.66. The number of hydrogen-bond acceptors (Lipinski definition) is 4. The van der Waals surface area contributed by atoms with Gasteiger partial charge in [-0.3, -0.25) is 0 Å². The number of fused-ring (bicyclic) bond motifs is 5. The van der Waals surface area contributed by atoms with E-state index in [0.717, 1.165) is 10.9 Å². The van der Waals surface area contributed by atoms with E-state index in [1.54, 1.807) is 30.5 Å². The van der Waals surface area contributed by atoms with Crippen LogP contribution in [0.25, 0.3) is 32.7 Å². The molecule has 0 spiro atoms. The average Bonchev–Trinajstić information content (AvgIpc) is 2.82. The lowest BCUT2D eigenvalue weighted by Crippen LogP contribution is -1.99. The molecule has 0 aliphatic heterocycles. The molecule has 4 heteroatoms. The molecule has 0 atom stereocenters. The predicted molar refractivity (Wildman–Crippen MR) is 76.2 cm³/mol. The van der Waals surface area contributed by atoms with Crippen molar-refractivity contribution in [3.63, 3.8) is 0 Å². The number of rotatable bonds is 0. The van der Waals surface area contributed by atoms with Gasteiger partial charge in [-0.1, -0.05) is 12.1 Å². The summed E-state index contributed by atoms with van der Waals surface area (Å²) in [5, 5.41) is 12.4. The van der Waals surface area contributed by atoms with Gasteiger partial charge in [-0.25, -0.2) is 4.79 Å². The molecule has 2 aromatic carbocycles. The topological polar surface area (TPSA) is 63.6 Å². The van der Waals surface area contributed by atoms with E-state index >= 15 is 0 Å². The van der Waals surface area contributed by atoms with Crippen LogP contribution in [0.1, 0.15) is 5.56 Å². The van der Waals surface area contributed by atoms with Gasteiger partial charge >= 0.3 is 5.63 Å². The Balaban J connectivity index is 2.36. The van der Waals surface area contributed by atoms with Gasteiger partial charge in [0.2, 0.25) is 0 Å². The van der Waals surface area contributed by atoms with Crippen molar-refractivity contribution in [1.29, 1.82) is 0 Å². The molecular formula is C16H10O4. The zero-order valence-corrected chi connectivity index (χ0v) is 10.6. The van der Waals surface area contributed by atoms with Crippen molar-refractivity contribution in [3.05, 3.63) is 52.6 Å². The molecule has 20 heavy (non-hydrogen) atoms. The highest BCUT2D eigenvalue weighted by atomic mass is 16.4. The van der Waals surface area contributed by atoms with Crippen LogP contribution < -0.4 is 5.63 Å². The largest absolute Gasteiger partial charge is 0.507 e. The quantitative estimate of drug-likeness (QED) is 0.389. The van der Waals surface area contributed by atoms with Gasteiger partial charge in [0.15, 0.2) is 5.58 Å². The molecule has 0 aliphatic rings. The van der Waals surface area contributed by atoms with Gasteiger partial charge < -0.3 is 13.9 Å². The van der Waals surface area contributed by atoms with Crippen LogP contribution in [0.4, 0.5) is 0 Å². The Morgan fingerprint density at radius 1 is 1.00 bits per heavy atom. The molecule has 0 radical (unpaired) electrons. The second-order valence-corrected chi connectivity index (χ2v) is 4.83. The first kappa shape index (κ1) is 11.1. The van der Waals surface area contributed by atoms with E-state index in [4.69, 9.17) is 8.83 Å². The SMILES string of the molecule is Cc1coc2c1c(=O)oc1c3cccc(O)c3ccc21. The van der Waals surface area contributed by atoms with Crippen LogP contribution in [-0.4, -0.2) is 5.11 Å². The Hall–Kier alpha value is -2.75. The summed E-state index contributed by atoms with van der Waals surface area (Å²) in [6.07, 6.45) is 1.55. The predicted octanol–water partition coefficient (Wildman–Crippen LogP) is 3.71. The lowest BCUT2D eigenvalue weighted by Gasteiger charge is -2.04. The molecule has 0 fully saturated rings. The Kier molecular flexibility index (Phi) is 2.02. The van der Waals surface area contributed by atoms with Gasteiger partial charge in [0.05, 0.1) is 11.6 Å². The molecular weight excluding hydrogens is 256 g/mol. The van der Waals surface area contributed by atoms with Gasteiger partial charge in [-0.2, -0.15) is 0 Å². The van der Waals surface area contributed by atoms with Gasteiger partial charge in [0, 0.05) is 16.3 Å². The molecule has 0 aliphatic carbocycles. The molecule has 4 aromatic rings. The molecule has 0 amide bonds. The van der Waals surface area contributed by atoms with Crippen LogP contribution >= 0.6 is 0 Å². The van der Waals surface area contributed by atoms with Crippen molar-refractivity contribution in [2.45, 2.75) is 6.92 Å². The fourth-order valence-corrected chi connectivity index (χ4v) is 2.64. The van der Waals surface area contributed by atoms with E-state index in [-0.39, 0.29) is 5.75 Å². The third-order valence-corrected chi connectivity index (χ3v) is 3.61. The van der Waals surface area contributed by atoms with E-state index < -0.39 is 5.63 Å². The molecule has 0 saturated carbocycles.